The number of carbonyl (C=O) groups excluding carboxylic acids is 1. The summed E-state index contributed by atoms with van der Waals surface area (Å²) in [6, 6.07) is 6.58. The highest BCUT2D eigenvalue weighted by Gasteiger charge is 2.50. The lowest BCUT2D eigenvalue weighted by Crippen LogP contribution is -2.44. The Hall–Kier alpha value is -1.42. The first-order chi connectivity index (χ1) is 8.72. The second-order valence-electron chi connectivity index (χ2n) is 5.22. The molecule has 2 N–H and O–H groups in total. The van der Waals surface area contributed by atoms with Gasteiger partial charge in [0.15, 0.2) is 0 Å². The van der Waals surface area contributed by atoms with Crippen LogP contribution < -0.4 is 10.6 Å². The van der Waals surface area contributed by atoms with Gasteiger partial charge in [-0.3, -0.25) is 4.79 Å². The van der Waals surface area contributed by atoms with Gasteiger partial charge in [0.25, 0.3) is 0 Å². The molecule has 2 aliphatic rings. The minimum absolute atomic E-state index is 0.165. The number of nitrogens with one attached hydrogen (secondary N) is 2. The highest BCUT2D eigenvalue weighted by Crippen LogP contribution is 2.46. The molecule has 1 amide bonds. The molecule has 2 aliphatic heterocycles. The quantitative estimate of drug-likeness (QED) is 0.789. The molecule has 2 fully saturated rings. The predicted molar refractivity (Wildman–Crippen MR) is 66.7 cm³/mol. The minimum Gasteiger partial charge on any atom is -0.355 e. The van der Waals surface area contributed by atoms with Gasteiger partial charge in [0, 0.05) is 12.5 Å². The van der Waals surface area contributed by atoms with E-state index in [1.807, 2.05) is 12.1 Å². The zero-order valence-electron chi connectivity index (χ0n) is 10.2. The van der Waals surface area contributed by atoms with E-state index in [2.05, 4.69) is 10.6 Å². The van der Waals surface area contributed by atoms with Crippen LogP contribution in [-0.4, -0.2) is 25.5 Å². The lowest BCUT2D eigenvalue weighted by Gasteiger charge is -2.36. The van der Waals surface area contributed by atoms with E-state index < -0.39 is 0 Å². The lowest BCUT2D eigenvalue weighted by atomic mass is 9.68. The summed E-state index contributed by atoms with van der Waals surface area (Å²) in [5, 5.41) is 6.28. The average molecular weight is 248 g/mol. The van der Waals surface area contributed by atoms with Gasteiger partial charge in [-0.15, -0.1) is 0 Å². The normalized spacial score (nSPS) is 26.3. The zero-order valence-corrected chi connectivity index (χ0v) is 10.2. The van der Waals surface area contributed by atoms with Gasteiger partial charge in [0.2, 0.25) is 5.91 Å². The Morgan fingerprint density at radius 3 is 2.50 bits per heavy atom. The number of hydrogen-bond donors (Lipinski definition) is 2. The van der Waals surface area contributed by atoms with Gasteiger partial charge in [-0.25, -0.2) is 4.39 Å². The lowest BCUT2D eigenvalue weighted by molar-refractivity contribution is -0.129. The van der Waals surface area contributed by atoms with Crippen molar-refractivity contribution in [2.75, 3.05) is 19.6 Å². The molecule has 0 bridgehead atoms. The van der Waals surface area contributed by atoms with Gasteiger partial charge in [-0.05, 0) is 43.6 Å². The van der Waals surface area contributed by atoms with Crippen molar-refractivity contribution in [2.24, 2.45) is 5.41 Å². The summed E-state index contributed by atoms with van der Waals surface area (Å²) in [6.07, 6.45) is 1.72. The molecule has 1 spiro atoms. The molecule has 4 heteroatoms. The van der Waals surface area contributed by atoms with Gasteiger partial charge in [-0.1, -0.05) is 12.1 Å². The summed E-state index contributed by atoms with van der Waals surface area (Å²) < 4.78 is 13.0. The zero-order chi connectivity index (χ0) is 12.6. The van der Waals surface area contributed by atoms with Crippen LogP contribution in [-0.2, 0) is 4.79 Å². The fourth-order valence-electron chi connectivity index (χ4n) is 3.30. The van der Waals surface area contributed by atoms with E-state index in [1.165, 1.54) is 12.1 Å². The maximum atomic E-state index is 13.0. The Morgan fingerprint density at radius 2 is 1.83 bits per heavy atom. The molecule has 2 saturated heterocycles. The Morgan fingerprint density at radius 1 is 1.17 bits per heavy atom. The largest absolute Gasteiger partial charge is 0.355 e. The van der Waals surface area contributed by atoms with Crippen molar-refractivity contribution < 1.29 is 9.18 Å². The fourth-order valence-corrected chi connectivity index (χ4v) is 3.30. The van der Waals surface area contributed by atoms with Crippen molar-refractivity contribution in [3.63, 3.8) is 0 Å². The summed E-state index contributed by atoms with van der Waals surface area (Å²) in [5.74, 6) is 0.112. The standard InChI is InChI=1S/C14H17FN2O/c15-11-3-1-10(2-4-11)12-9-17-13(18)14(12)5-7-16-8-6-14/h1-4,12,16H,5-9H2,(H,17,18)/t12-/m0/s1. The first-order valence-corrected chi connectivity index (χ1v) is 6.47. The Labute approximate surface area is 106 Å². The molecule has 0 aromatic heterocycles. The van der Waals surface area contributed by atoms with E-state index in [1.54, 1.807) is 0 Å². The number of rotatable bonds is 1. The van der Waals surface area contributed by atoms with Gasteiger partial charge in [-0.2, -0.15) is 0 Å². The molecular formula is C14H17FN2O. The van der Waals surface area contributed by atoms with Crippen LogP contribution in [0, 0.1) is 11.2 Å². The van der Waals surface area contributed by atoms with E-state index in [0.717, 1.165) is 31.5 Å². The maximum Gasteiger partial charge on any atom is 0.227 e. The van der Waals surface area contributed by atoms with E-state index in [-0.39, 0.29) is 23.1 Å². The van der Waals surface area contributed by atoms with E-state index in [9.17, 15) is 9.18 Å². The van der Waals surface area contributed by atoms with Crippen molar-refractivity contribution >= 4 is 5.91 Å². The predicted octanol–water partition coefficient (Wildman–Crippen LogP) is 1.41. The average Bonchev–Trinajstić information content (AvgIpc) is 2.70. The monoisotopic (exact) mass is 248 g/mol. The van der Waals surface area contributed by atoms with Crippen LogP contribution in [0.3, 0.4) is 0 Å². The molecule has 2 heterocycles. The van der Waals surface area contributed by atoms with Crippen LogP contribution >= 0.6 is 0 Å². The third-order valence-electron chi connectivity index (χ3n) is 4.35. The van der Waals surface area contributed by atoms with Crippen molar-refractivity contribution in [1.82, 2.24) is 10.6 Å². The second kappa shape index (κ2) is 4.35. The van der Waals surface area contributed by atoms with Gasteiger partial charge in [0.1, 0.15) is 5.82 Å². The minimum atomic E-state index is -0.289. The van der Waals surface area contributed by atoms with Crippen molar-refractivity contribution in [3.8, 4) is 0 Å². The maximum absolute atomic E-state index is 13.0. The van der Waals surface area contributed by atoms with Crippen LogP contribution in [0.5, 0.6) is 0 Å². The molecule has 3 nitrogen and oxygen atoms in total. The van der Waals surface area contributed by atoms with E-state index in [4.69, 9.17) is 0 Å². The summed E-state index contributed by atoms with van der Waals surface area (Å²) in [7, 11) is 0. The third kappa shape index (κ3) is 1.72. The SMILES string of the molecule is O=C1NC[C@@H](c2ccc(F)cc2)C12CCNCC2. The first kappa shape index (κ1) is 11.7. The van der Waals surface area contributed by atoms with Gasteiger partial charge in [0.05, 0.1) is 5.41 Å². The Kier molecular flexibility index (Phi) is 2.82. The number of amides is 1. The van der Waals surface area contributed by atoms with Crippen LogP contribution in [0.25, 0.3) is 0 Å². The molecular weight excluding hydrogens is 231 g/mol. The van der Waals surface area contributed by atoms with Crippen LogP contribution in [0.4, 0.5) is 4.39 Å². The summed E-state index contributed by atoms with van der Waals surface area (Å²) in [5.41, 5.74) is 0.778. The molecule has 0 aliphatic carbocycles. The number of carbonyl (C=O) groups is 1. The summed E-state index contributed by atoms with van der Waals surface area (Å²) in [6.45, 7) is 2.43. The van der Waals surface area contributed by atoms with Crippen LogP contribution in [0.2, 0.25) is 0 Å². The number of halogens is 1. The van der Waals surface area contributed by atoms with Crippen molar-refractivity contribution in [1.29, 1.82) is 0 Å². The number of benzene rings is 1. The highest BCUT2D eigenvalue weighted by molar-refractivity contribution is 5.86. The van der Waals surface area contributed by atoms with E-state index >= 15 is 0 Å². The molecule has 1 atom stereocenters. The molecule has 0 saturated carbocycles. The Balaban J connectivity index is 1.95. The van der Waals surface area contributed by atoms with Crippen LogP contribution in [0.15, 0.2) is 24.3 Å². The number of hydrogen-bond acceptors (Lipinski definition) is 2. The number of piperidine rings is 1. The Bertz CT molecular complexity index is 451. The fraction of sp³-hybridized carbons (Fsp3) is 0.500. The third-order valence-corrected chi connectivity index (χ3v) is 4.35. The van der Waals surface area contributed by atoms with Crippen molar-refractivity contribution in [3.05, 3.63) is 35.6 Å². The smallest absolute Gasteiger partial charge is 0.227 e. The molecule has 3 rings (SSSR count). The molecule has 1 aromatic carbocycles. The topological polar surface area (TPSA) is 41.1 Å². The van der Waals surface area contributed by atoms with Crippen LogP contribution in [0.1, 0.15) is 24.3 Å². The molecule has 96 valence electrons. The molecule has 0 unspecified atom stereocenters. The van der Waals surface area contributed by atoms with Gasteiger partial charge < -0.3 is 10.6 Å². The highest BCUT2D eigenvalue weighted by atomic mass is 19.1. The second-order valence-corrected chi connectivity index (χ2v) is 5.22. The molecule has 0 radical (unpaired) electrons. The summed E-state index contributed by atoms with van der Waals surface area (Å²) in [4.78, 5) is 12.2. The van der Waals surface area contributed by atoms with Crippen molar-refractivity contribution in [2.45, 2.75) is 18.8 Å². The first-order valence-electron chi connectivity index (χ1n) is 6.47. The van der Waals surface area contributed by atoms with Gasteiger partial charge >= 0.3 is 0 Å². The molecule has 18 heavy (non-hydrogen) atoms. The van der Waals surface area contributed by atoms with E-state index in [0.29, 0.717) is 6.54 Å². The molecule has 1 aromatic rings. The summed E-state index contributed by atoms with van der Waals surface area (Å²) >= 11 is 0.